The van der Waals surface area contributed by atoms with Crippen molar-refractivity contribution in [2.45, 2.75) is 5.75 Å². The Morgan fingerprint density at radius 1 is 1.28 bits per heavy atom. The van der Waals surface area contributed by atoms with E-state index in [1.807, 2.05) is 0 Å². The lowest BCUT2D eigenvalue weighted by molar-refractivity contribution is 0.589. The van der Waals surface area contributed by atoms with E-state index >= 15 is 0 Å². The van der Waals surface area contributed by atoms with E-state index in [1.165, 1.54) is 18.3 Å². The quantitative estimate of drug-likeness (QED) is 0.750. The minimum Gasteiger partial charge on any atom is -0.245 e. The number of nitriles is 1. The van der Waals surface area contributed by atoms with E-state index in [9.17, 15) is 16.8 Å². The molecule has 0 amide bonds. The number of hydrogen-bond donors (Lipinski definition) is 0. The molecule has 0 spiro atoms. The van der Waals surface area contributed by atoms with Crippen molar-refractivity contribution in [3.05, 3.63) is 29.6 Å². The Balaban J connectivity index is 2.87. The van der Waals surface area contributed by atoms with Gasteiger partial charge in [-0.05, 0) is 6.07 Å². The van der Waals surface area contributed by atoms with E-state index in [0.29, 0.717) is 0 Å². The predicted octanol–water partition coefficient (Wildman–Crippen LogP) is -0.0873. The molecule has 0 bridgehead atoms. The Labute approximate surface area is 106 Å². The van der Waals surface area contributed by atoms with E-state index in [2.05, 4.69) is 4.98 Å². The Kier molecular flexibility index (Phi) is 4.43. The second-order valence-corrected chi connectivity index (χ2v) is 8.29. The highest BCUT2D eigenvalue weighted by molar-refractivity contribution is 7.94. The van der Waals surface area contributed by atoms with Crippen LogP contribution < -0.4 is 0 Å². The molecule has 1 heterocycles. The summed E-state index contributed by atoms with van der Waals surface area (Å²) in [6.07, 6.45) is 2.37. The first kappa shape index (κ1) is 14.6. The van der Waals surface area contributed by atoms with Gasteiger partial charge in [-0.25, -0.2) is 21.8 Å². The summed E-state index contributed by atoms with van der Waals surface area (Å²) < 4.78 is 45.3. The smallest absolute Gasteiger partial charge is 0.155 e. The molecule has 1 aromatic heterocycles. The summed E-state index contributed by atoms with van der Waals surface area (Å²) in [5.74, 6) is -1.25. The number of nitrogens with zero attached hydrogens (tertiary/aromatic N) is 2. The Bertz CT molecular complexity index is 672. The maximum absolute atomic E-state index is 11.7. The van der Waals surface area contributed by atoms with Crippen molar-refractivity contribution in [2.24, 2.45) is 0 Å². The standard InChI is InChI=1S/C10H12N2O4S2/c1-17(13,14)5-6-18(15,16)8-9-3-2-4-12-10(9)7-11/h2-4H,5-6,8H2,1H3. The number of pyridine rings is 1. The van der Waals surface area contributed by atoms with Gasteiger partial charge in [0, 0.05) is 18.0 Å². The van der Waals surface area contributed by atoms with Gasteiger partial charge in [0.1, 0.15) is 21.6 Å². The topological polar surface area (TPSA) is 105 Å². The molecule has 6 nitrogen and oxygen atoms in total. The van der Waals surface area contributed by atoms with Crippen molar-refractivity contribution in [1.29, 1.82) is 5.26 Å². The summed E-state index contributed by atoms with van der Waals surface area (Å²) >= 11 is 0. The molecule has 0 N–H and O–H groups in total. The van der Waals surface area contributed by atoms with Crippen LogP contribution in [0.25, 0.3) is 0 Å². The molecule has 0 saturated heterocycles. The van der Waals surface area contributed by atoms with Crippen LogP contribution in [0.4, 0.5) is 0 Å². The van der Waals surface area contributed by atoms with Gasteiger partial charge in [0.15, 0.2) is 9.84 Å². The van der Waals surface area contributed by atoms with Gasteiger partial charge in [0.25, 0.3) is 0 Å². The first-order valence-corrected chi connectivity index (χ1v) is 8.84. The molecule has 0 radical (unpaired) electrons. The number of sulfone groups is 2. The van der Waals surface area contributed by atoms with Gasteiger partial charge >= 0.3 is 0 Å². The lowest BCUT2D eigenvalue weighted by Gasteiger charge is -2.04. The van der Waals surface area contributed by atoms with Gasteiger partial charge in [-0.3, -0.25) is 0 Å². The molecule has 0 aliphatic rings. The predicted molar refractivity (Wildman–Crippen MR) is 66.2 cm³/mol. The molecule has 98 valence electrons. The van der Waals surface area contributed by atoms with E-state index in [4.69, 9.17) is 5.26 Å². The maximum Gasteiger partial charge on any atom is 0.155 e. The van der Waals surface area contributed by atoms with Crippen LogP contribution in [0.1, 0.15) is 11.3 Å². The highest BCUT2D eigenvalue weighted by Crippen LogP contribution is 2.10. The van der Waals surface area contributed by atoms with Crippen LogP contribution >= 0.6 is 0 Å². The molecule has 0 aliphatic heterocycles. The third-order valence-corrected chi connectivity index (χ3v) is 4.92. The second kappa shape index (κ2) is 5.46. The lowest BCUT2D eigenvalue weighted by atomic mass is 10.2. The zero-order valence-corrected chi connectivity index (χ0v) is 11.3. The first-order chi connectivity index (χ1) is 8.23. The third-order valence-electron chi connectivity index (χ3n) is 2.14. The lowest BCUT2D eigenvalue weighted by Crippen LogP contribution is -2.18. The van der Waals surface area contributed by atoms with Gasteiger partial charge in [0.2, 0.25) is 0 Å². The molecule has 0 aromatic carbocycles. The first-order valence-electron chi connectivity index (χ1n) is 4.96. The van der Waals surface area contributed by atoms with Crippen LogP contribution in [-0.4, -0.2) is 39.6 Å². The van der Waals surface area contributed by atoms with Gasteiger partial charge in [0.05, 0.1) is 17.3 Å². The number of rotatable bonds is 5. The zero-order chi connectivity index (χ0) is 13.8. The monoisotopic (exact) mass is 288 g/mol. The SMILES string of the molecule is CS(=O)(=O)CCS(=O)(=O)Cc1cccnc1C#N. The van der Waals surface area contributed by atoms with E-state index in [0.717, 1.165) is 6.26 Å². The van der Waals surface area contributed by atoms with Crippen molar-refractivity contribution >= 4 is 19.7 Å². The molecule has 1 aromatic rings. The fourth-order valence-corrected chi connectivity index (χ4v) is 4.32. The van der Waals surface area contributed by atoms with Crippen molar-refractivity contribution in [1.82, 2.24) is 4.98 Å². The maximum atomic E-state index is 11.7. The van der Waals surface area contributed by atoms with Crippen LogP contribution in [0.3, 0.4) is 0 Å². The van der Waals surface area contributed by atoms with Crippen molar-refractivity contribution < 1.29 is 16.8 Å². The second-order valence-electron chi connectivity index (χ2n) is 3.84. The molecule has 18 heavy (non-hydrogen) atoms. The minimum atomic E-state index is -3.57. The fraction of sp³-hybridized carbons (Fsp3) is 0.400. The summed E-state index contributed by atoms with van der Waals surface area (Å²) in [5.41, 5.74) is 0.328. The van der Waals surface area contributed by atoms with E-state index in [-0.39, 0.29) is 17.0 Å². The average molecular weight is 288 g/mol. The summed E-state index contributed by atoms with van der Waals surface area (Å²) in [6, 6.07) is 4.82. The van der Waals surface area contributed by atoms with Crippen LogP contribution in [-0.2, 0) is 25.4 Å². The largest absolute Gasteiger partial charge is 0.245 e. The molecule has 0 unspecified atom stereocenters. The number of hydrogen-bond acceptors (Lipinski definition) is 6. The van der Waals surface area contributed by atoms with Crippen molar-refractivity contribution in [3.8, 4) is 6.07 Å². The van der Waals surface area contributed by atoms with Crippen LogP contribution in [0.5, 0.6) is 0 Å². The molecule has 0 fully saturated rings. The summed E-state index contributed by atoms with van der Waals surface area (Å²) in [4.78, 5) is 3.75. The molecule has 1 rings (SSSR count). The van der Waals surface area contributed by atoms with Crippen LogP contribution in [0, 0.1) is 11.3 Å². The van der Waals surface area contributed by atoms with E-state index < -0.39 is 31.2 Å². The summed E-state index contributed by atoms with van der Waals surface area (Å²) in [7, 11) is -6.90. The summed E-state index contributed by atoms with van der Waals surface area (Å²) in [6.45, 7) is 0. The highest BCUT2D eigenvalue weighted by Gasteiger charge is 2.17. The van der Waals surface area contributed by atoms with Crippen LogP contribution in [0.15, 0.2) is 18.3 Å². The van der Waals surface area contributed by atoms with Gasteiger partial charge in [-0.1, -0.05) is 6.07 Å². The number of aromatic nitrogens is 1. The highest BCUT2D eigenvalue weighted by atomic mass is 32.2. The molecule has 0 atom stereocenters. The third kappa shape index (κ3) is 4.81. The Morgan fingerprint density at radius 3 is 2.50 bits per heavy atom. The van der Waals surface area contributed by atoms with Crippen molar-refractivity contribution in [3.63, 3.8) is 0 Å². The molecular formula is C10H12N2O4S2. The Hall–Kier alpha value is -1.46. The Morgan fingerprint density at radius 2 is 1.94 bits per heavy atom. The van der Waals surface area contributed by atoms with Gasteiger partial charge in [-0.2, -0.15) is 5.26 Å². The van der Waals surface area contributed by atoms with Gasteiger partial charge in [-0.15, -0.1) is 0 Å². The van der Waals surface area contributed by atoms with Crippen LogP contribution in [0.2, 0.25) is 0 Å². The average Bonchev–Trinajstić information content (AvgIpc) is 2.26. The molecule has 0 aliphatic carbocycles. The van der Waals surface area contributed by atoms with Crippen molar-refractivity contribution in [2.75, 3.05) is 17.8 Å². The zero-order valence-electron chi connectivity index (χ0n) is 9.70. The summed E-state index contributed by atoms with van der Waals surface area (Å²) in [5, 5.41) is 8.77. The minimum absolute atomic E-state index is 0.0421. The molecule has 8 heteroatoms. The molecular weight excluding hydrogens is 276 g/mol. The van der Waals surface area contributed by atoms with E-state index in [1.54, 1.807) is 6.07 Å². The normalized spacial score (nSPS) is 12.0. The van der Waals surface area contributed by atoms with Gasteiger partial charge < -0.3 is 0 Å². The fourth-order valence-electron chi connectivity index (χ4n) is 1.24. The molecule has 0 saturated carbocycles.